The van der Waals surface area contributed by atoms with E-state index in [1.165, 1.54) is 27.3 Å². The van der Waals surface area contributed by atoms with Crippen molar-refractivity contribution in [3.63, 3.8) is 0 Å². The Bertz CT molecular complexity index is 1210. The fourth-order valence-corrected chi connectivity index (χ4v) is 6.82. The quantitative estimate of drug-likeness (QED) is 0.426. The molecule has 162 valence electrons. The largest absolute Gasteiger partial charge is 0.342 e. The lowest BCUT2D eigenvalue weighted by molar-refractivity contribution is -0.129. The molecule has 1 saturated heterocycles. The van der Waals surface area contributed by atoms with Gasteiger partial charge >= 0.3 is 0 Å². The van der Waals surface area contributed by atoms with Crippen LogP contribution in [0.25, 0.3) is 15.9 Å². The van der Waals surface area contributed by atoms with Crippen molar-refractivity contribution in [2.45, 2.75) is 55.9 Å². The van der Waals surface area contributed by atoms with Crippen molar-refractivity contribution in [1.29, 1.82) is 0 Å². The maximum atomic E-state index is 14.8. The monoisotopic (exact) mass is 457 g/mol. The minimum atomic E-state index is -0.477. The van der Waals surface area contributed by atoms with E-state index >= 15 is 0 Å². The average Bonchev–Trinajstić information content (AvgIpc) is 3.42. The summed E-state index contributed by atoms with van der Waals surface area (Å²) >= 11 is 2.81. The number of aromatic nitrogens is 2. The highest BCUT2D eigenvalue weighted by molar-refractivity contribution is 8.00. The number of para-hydroxylation sites is 1. The number of halogens is 1. The third kappa shape index (κ3) is 3.69. The van der Waals surface area contributed by atoms with E-state index in [0.29, 0.717) is 15.4 Å². The summed E-state index contributed by atoms with van der Waals surface area (Å²) in [5.74, 6) is -0.433. The number of nitrogens with zero attached hydrogens (tertiary/aromatic N) is 3. The Hall–Kier alpha value is -2.19. The first-order valence-electron chi connectivity index (χ1n) is 10.8. The van der Waals surface area contributed by atoms with Gasteiger partial charge in [0.25, 0.3) is 5.56 Å². The zero-order valence-electron chi connectivity index (χ0n) is 17.4. The summed E-state index contributed by atoms with van der Waals surface area (Å²) in [5.41, 5.74) is 1.02. The van der Waals surface area contributed by atoms with E-state index in [0.717, 1.165) is 57.2 Å². The van der Waals surface area contributed by atoms with Crippen LogP contribution >= 0.6 is 23.1 Å². The zero-order valence-corrected chi connectivity index (χ0v) is 19.0. The van der Waals surface area contributed by atoms with E-state index in [1.54, 1.807) is 29.5 Å². The smallest absolute Gasteiger partial charge is 0.267 e. The van der Waals surface area contributed by atoms with Gasteiger partial charge in [-0.25, -0.2) is 9.37 Å². The molecule has 0 bridgehead atoms. The number of aryl methyl sites for hydroxylation is 2. The Morgan fingerprint density at radius 1 is 1.16 bits per heavy atom. The number of hydrogen-bond donors (Lipinski definition) is 0. The highest BCUT2D eigenvalue weighted by atomic mass is 32.2. The van der Waals surface area contributed by atoms with Gasteiger partial charge in [-0.05, 0) is 63.1 Å². The second kappa shape index (κ2) is 8.39. The second-order valence-corrected chi connectivity index (χ2v) is 10.6. The maximum absolute atomic E-state index is 14.8. The molecule has 2 aromatic heterocycles. The number of amides is 1. The van der Waals surface area contributed by atoms with Gasteiger partial charge in [-0.15, -0.1) is 11.3 Å². The molecule has 1 unspecified atom stereocenters. The van der Waals surface area contributed by atoms with Gasteiger partial charge < -0.3 is 4.90 Å². The summed E-state index contributed by atoms with van der Waals surface area (Å²) in [7, 11) is 0. The number of carbonyl (C=O) groups is 1. The lowest BCUT2D eigenvalue weighted by atomic mass is 9.97. The molecule has 2 aliphatic rings. The average molecular weight is 458 g/mol. The summed E-state index contributed by atoms with van der Waals surface area (Å²) in [6, 6.07) is 6.27. The molecule has 0 spiro atoms. The zero-order chi connectivity index (χ0) is 21.5. The molecule has 1 aliphatic carbocycles. The number of thioether (sulfide) groups is 1. The van der Waals surface area contributed by atoms with Crippen molar-refractivity contribution in [2.24, 2.45) is 0 Å². The van der Waals surface area contributed by atoms with E-state index in [9.17, 15) is 14.0 Å². The van der Waals surface area contributed by atoms with Gasteiger partial charge in [-0.2, -0.15) is 0 Å². The lowest BCUT2D eigenvalue weighted by Crippen LogP contribution is -2.34. The highest BCUT2D eigenvalue weighted by Gasteiger charge is 2.28. The van der Waals surface area contributed by atoms with Crippen LogP contribution in [0.4, 0.5) is 4.39 Å². The number of carbonyl (C=O) groups excluding carboxylic acids is 1. The van der Waals surface area contributed by atoms with Crippen LogP contribution in [0, 0.1) is 5.82 Å². The van der Waals surface area contributed by atoms with Crippen LogP contribution in [-0.2, 0) is 17.6 Å². The number of thiophene rings is 1. The highest BCUT2D eigenvalue weighted by Crippen LogP contribution is 2.36. The molecule has 0 saturated carbocycles. The summed E-state index contributed by atoms with van der Waals surface area (Å²) in [6.45, 7) is 3.38. The Balaban J connectivity index is 1.65. The molecule has 31 heavy (non-hydrogen) atoms. The maximum Gasteiger partial charge on any atom is 0.267 e. The molecule has 0 radical (unpaired) electrons. The normalized spacial score (nSPS) is 17.2. The minimum Gasteiger partial charge on any atom is -0.342 e. The van der Waals surface area contributed by atoms with Crippen molar-refractivity contribution >= 4 is 39.2 Å². The number of rotatable bonds is 4. The molecule has 3 heterocycles. The molecule has 5 nitrogen and oxygen atoms in total. The van der Waals surface area contributed by atoms with Crippen LogP contribution in [0.1, 0.15) is 43.0 Å². The molecule has 8 heteroatoms. The van der Waals surface area contributed by atoms with Gasteiger partial charge in [0.15, 0.2) is 5.16 Å². The standard InChI is InChI=1S/C23H24FN3O2S2/c1-14(21(28)26-12-6-7-13-26)30-23-25-20-19(15-8-2-5-11-18(15)31-20)22(29)27(23)17-10-4-3-9-16(17)24/h3-4,9-10,14H,2,5-8,11-13H2,1H3. The van der Waals surface area contributed by atoms with Gasteiger partial charge in [-0.1, -0.05) is 23.9 Å². The molecular formula is C23H24FN3O2S2. The fraction of sp³-hybridized carbons (Fsp3) is 0.435. The van der Waals surface area contributed by atoms with Crippen LogP contribution < -0.4 is 5.56 Å². The number of hydrogen-bond acceptors (Lipinski definition) is 5. The van der Waals surface area contributed by atoms with Crippen molar-refractivity contribution < 1.29 is 9.18 Å². The fourth-order valence-electron chi connectivity index (χ4n) is 4.51. The summed E-state index contributed by atoms with van der Waals surface area (Å²) in [4.78, 5) is 35.2. The summed E-state index contributed by atoms with van der Waals surface area (Å²) < 4.78 is 16.1. The molecule has 1 fully saturated rings. The topological polar surface area (TPSA) is 55.2 Å². The molecule has 1 atom stereocenters. The van der Waals surface area contributed by atoms with Gasteiger partial charge in [0, 0.05) is 18.0 Å². The van der Waals surface area contributed by atoms with Crippen molar-refractivity contribution in [2.75, 3.05) is 13.1 Å². The van der Waals surface area contributed by atoms with E-state index in [-0.39, 0.29) is 17.2 Å². The molecule has 1 aliphatic heterocycles. The van der Waals surface area contributed by atoms with Crippen molar-refractivity contribution in [1.82, 2.24) is 14.5 Å². The van der Waals surface area contributed by atoms with Gasteiger partial charge in [-0.3, -0.25) is 14.2 Å². The third-order valence-corrected chi connectivity index (χ3v) is 8.32. The van der Waals surface area contributed by atoms with E-state index in [4.69, 9.17) is 4.98 Å². The Kier molecular flexibility index (Phi) is 5.60. The number of fused-ring (bicyclic) bond motifs is 3. The van der Waals surface area contributed by atoms with Crippen molar-refractivity contribution in [3.05, 3.63) is 50.9 Å². The van der Waals surface area contributed by atoms with E-state index in [1.807, 2.05) is 11.8 Å². The predicted molar refractivity (Wildman–Crippen MR) is 123 cm³/mol. The van der Waals surface area contributed by atoms with Crippen molar-refractivity contribution in [3.8, 4) is 5.69 Å². The van der Waals surface area contributed by atoms with Crippen LogP contribution in [0.3, 0.4) is 0 Å². The number of likely N-dealkylation sites (tertiary alicyclic amines) is 1. The van der Waals surface area contributed by atoms with Crippen LogP contribution in [0.5, 0.6) is 0 Å². The van der Waals surface area contributed by atoms with E-state index in [2.05, 4.69) is 0 Å². The van der Waals surface area contributed by atoms with Gasteiger partial charge in [0.2, 0.25) is 5.91 Å². The first kappa shape index (κ1) is 20.7. The second-order valence-electron chi connectivity index (χ2n) is 8.17. The summed E-state index contributed by atoms with van der Waals surface area (Å²) in [5, 5.41) is 0.585. The molecule has 0 N–H and O–H groups in total. The van der Waals surface area contributed by atoms with Gasteiger partial charge in [0.05, 0.1) is 16.3 Å². The number of benzene rings is 1. The third-order valence-electron chi connectivity index (χ3n) is 6.10. The molecule has 3 aromatic rings. The predicted octanol–water partition coefficient (Wildman–Crippen LogP) is 4.57. The minimum absolute atomic E-state index is 0.0439. The molecule has 1 aromatic carbocycles. The first-order chi connectivity index (χ1) is 15.0. The van der Waals surface area contributed by atoms with E-state index < -0.39 is 11.1 Å². The Labute approximate surface area is 188 Å². The van der Waals surface area contributed by atoms with Crippen LogP contribution in [-0.4, -0.2) is 38.7 Å². The molecule has 1 amide bonds. The van der Waals surface area contributed by atoms with Crippen LogP contribution in [0.2, 0.25) is 0 Å². The molecular weight excluding hydrogens is 433 g/mol. The SMILES string of the molecule is CC(Sc1nc2sc3c(c2c(=O)n1-c1ccccc1F)CCCC3)C(=O)N1CCCC1. The first-order valence-corrected chi connectivity index (χ1v) is 12.5. The van der Waals surface area contributed by atoms with Crippen LogP contribution in [0.15, 0.2) is 34.2 Å². The lowest BCUT2D eigenvalue weighted by Gasteiger charge is -2.21. The molecule has 5 rings (SSSR count). The Morgan fingerprint density at radius 2 is 1.90 bits per heavy atom. The summed E-state index contributed by atoms with van der Waals surface area (Å²) in [6.07, 6.45) is 6.03. The van der Waals surface area contributed by atoms with Gasteiger partial charge in [0.1, 0.15) is 10.6 Å². The Morgan fingerprint density at radius 3 is 2.68 bits per heavy atom.